The van der Waals surface area contributed by atoms with Crippen molar-refractivity contribution in [2.75, 3.05) is 19.5 Å². The van der Waals surface area contributed by atoms with E-state index in [-0.39, 0.29) is 6.04 Å². The standard InChI is InChI=1S/C18H20N2O4/c1-12(13-7-5-4-6-8-13)19-17(21)18(22)20-14-9-10-15(23-2)16(11-14)24-3/h4-12H,1-3H3,(H,19,21)(H,20,22)/t12-/m0/s1. The van der Waals surface area contributed by atoms with Crippen LogP contribution in [0.2, 0.25) is 0 Å². The molecule has 126 valence electrons. The molecular weight excluding hydrogens is 308 g/mol. The maximum atomic E-state index is 12.0. The van der Waals surface area contributed by atoms with Crippen molar-refractivity contribution in [1.82, 2.24) is 5.32 Å². The number of amides is 2. The zero-order valence-electron chi connectivity index (χ0n) is 13.8. The second kappa shape index (κ2) is 8.01. The molecule has 0 radical (unpaired) electrons. The lowest BCUT2D eigenvalue weighted by Gasteiger charge is -2.14. The summed E-state index contributed by atoms with van der Waals surface area (Å²) < 4.78 is 10.3. The first kappa shape index (κ1) is 17.3. The molecule has 0 heterocycles. The third kappa shape index (κ3) is 4.25. The number of carbonyl (C=O) groups excluding carboxylic acids is 2. The largest absolute Gasteiger partial charge is 0.493 e. The fraction of sp³-hybridized carbons (Fsp3) is 0.222. The van der Waals surface area contributed by atoms with Crippen molar-refractivity contribution < 1.29 is 19.1 Å². The van der Waals surface area contributed by atoms with E-state index in [0.29, 0.717) is 17.2 Å². The van der Waals surface area contributed by atoms with Crippen LogP contribution in [0.25, 0.3) is 0 Å². The van der Waals surface area contributed by atoms with Crippen LogP contribution >= 0.6 is 0 Å². The molecule has 0 unspecified atom stereocenters. The number of benzene rings is 2. The van der Waals surface area contributed by atoms with E-state index in [2.05, 4.69) is 10.6 Å². The average Bonchev–Trinajstić information content (AvgIpc) is 2.62. The molecule has 0 bridgehead atoms. The second-order valence-electron chi connectivity index (χ2n) is 5.13. The van der Waals surface area contributed by atoms with E-state index in [4.69, 9.17) is 9.47 Å². The van der Waals surface area contributed by atoms with E-state index in [1.54, 1.807) is 18.2 Å². The van der Waals surface area contributed by atoms with Crippen LogP contribution in [0.3, 0.4) is 0 Å². The molecule has 6 nitrogen and oxygen atoms in total. The Bertz CT molecular complexity index is 716. The first-order valence-electron chi connectivity index (χ1n) is 7.44. The number of carbonyl (C=O) groups is 2. The van der Waals surface area contributed by atoms with Crippen LogP contribution in [-0.2, 0) is 9.59 Å². The number of rotatable bonds is 5. The highest BCUT2D eigenvalue weighted by molar-refractivity contribution is 6.39. The van der Waals surface area contributed by atoms with E-state index >= 15 is 0 Å². The van der Waals surface area contributed by atoms with Crippen molar-refractivity contribution in [3.8, 4) is 11.5 Å². The van der Waals surface area contributed by atoms with Crippen molar-refractivity contribution in [3.05, 3.63) is 54.1 Å². The molecule has 1 atom stereocenters. The molecule has 0 aromatic heterocycles. The number of anilines is 1. The van der Waals surface area contributed by atoms with Crippen molar-refractivity contribution in [3.63, 3.8) is 0 Å². The molecule has 2 aromatic rings. The average molecular weight is 328 g/mol. The lowest BCUT2D eigenvalue weighted by molar-refractivity contribution is -0.136. The number of nitrogens with one attached hydrogen (secondary N) is 2. The van der Waals surface area contributed by atoms with E-state index < -0.39 is 11.8 Å². The lowest BCUT2D eigenvalue weighted by Crippen LogP contribution is -2.36. The summed E-state index contributed by atoms with van der Waals surface area (Å²) in [7, 11) is 3.02. The van der Waals surface area contributed by atoms with Gasteiger partial charge >= 0.3 is 11.8 Å². The summed E-state index contributed by atoms with van der Waals surface area (Å²) in [4.78, 5) is 24.1. The summed E-state index contributed by atoms with van der Waals surface area (Å²) in [6.45, 7) is 1.82. The number of ether oxygens (including phenoxy) is 2. The summed E-state index contributed by atoms with van der Waals surface area (Å²) in [5, 5.41) is 5.20. The van der Waals surface area contributed by atoms with Gasteiger partial charge in [-0.25, -0.2) is 0 Å². The van der Waals surface area contributed by atoms with Crippen LogP contribution in [0.15, 0.2) is 48.5 Å². The van der Waals surface area contributed by atoms with Crippen LogP contribution in [0.1, 0.15) is 18.5 Å². The predicted molar refractivity (Wildman–Crippen MR) is 91.2 cm³/mol. The maximum Gasteiger partial charge on any atom is 0.313 e. The summed E-state index contributed by atoms with van der Waals surface area (Å²) in [6.07, 6.45) is 0. The lowest BCUT2D eigenvalue weighted by atomic mass is 10.1. The van der Waals surface area contributed by atoms with Gasteiger partial charge in [0.2, 0.25) is 0 Å². The monoisotopic (exact) mass is 328 g/mol. The molecular formula is C18H20N2O4. The Morgan fingerprint density at radius 3 is 2.21 bits per heavy atom. The molecule has 24 heavy (non-hydrogen) atoms. The predicted octanol–water partition coefficient (Wildman–Crippen LogP) is 2.52. The Kier molecular flexibility index (Phi) is 5.78. The Balaban J connectivity index is 2.00. The van der Waals surface area contributed by atoms with Gasteiger partial charge in [-0.15, -0.1) is 0 Å². The third-order valence-corrected chi connectivity index (χ3v) is 3.49. The molecule has 0 spiro atoms. The topological polar surface area (TPSA) is 76.7 Å². The van der Waals surface area contributed by atoms with E-state index in [0.717, 1.165) is 5.56 Å². The van der Waals surface area contributed by atoms with Gasteiger partial charge < -0.3 is 20.1 Å². The molecule has 2 rings (SSSR count). The highest BCUT2D eigenvalue weighted by Gasteiger charge is 2.17. The summed E-state index contributed by atoms with van der Waals surface area (Å²) in [5.74, 6) is -0.447. The van der Waals surface area contributed by atoms with Crippen molar-refractivity contribution in [2.24, 2.45) is 0 Å². The van der Waals surface area contributed by atoms with Crippen molar-refractivity contribution in [2.45, 2.75) is 13.0 Å². The third-order valence-electron chi connectivity index (χ3n) is 3.49. The van der Waals surface area contributed by atoms with Gasteiger partial charge in [0.05, 0.1) is 20.3 Å². The van der Waals surface area contributed by atoms with Gasteiger partial charge in [-0.3, -0.25) is 9.59 Å². The van der Waals surface area contributed by atoms with E-state index in [1.165, 1.54) is 14.2 Å². The molecule has 0 aliphatic heterocycles. The molecule has 6 heteroatoms. The van der Waals surface area contributed by atoms with Crippen molar-refractivity contribution in [1.29, 1.82) is 0 Å². The molecule has 0 saturated heterocycles. The number of hydrogen-bond donors (Lipinski definition) is 2. The van der Waals surface area contributed by atoms with Gasteiger partial charge in [-0.05, 0) is 24.6 Å². The zero-order valence-corrected chi connectivity index (χ0v) is 13.8. The van der Waals surface area contributed by atoms with Crippen molar-refractivity contribution >= 4 is 17.5 Å². The number of methoxy groups -OCH3 is 2. The van der Waals surface area contributed by atoms with Crippen LogP contribution in [0.4, 0.5) is 5.69 Å². The van der Waals surface area contributed by atoms with Crippen LogP contribution in [0.5, 0.6) is 11.5 Å². The first-order chi connectivity index (χ1) is 11.5. The first-order valence-corrected chi connectivity index (χ1v) is 7.44. The molecule has 2 amide bonds. The summed E-state index contributed by atoms with van der Waals surface area (Å²) >= 11 is 0. The second-order valence-corrected chi connectivity index (χ2v) is 5.13. The maximum absolute atomic E-state index is 12.0. The molecule has 2 aromatic carbocycles. The van der Waals surface area contributed by atoms with Gasteiger partial charge in [0.15, 0.2) is 11.5 Å². The zero-order chi connectivity index (χ0) is 17.5. The Hall–Kier alpha value is -3.02. The van der Waals surface area contributed by atoms with Gasteiger partial charge in [-0.1, -0.05) is 30.3 Å². The summed E-state index contributed by atoms with van der Waals surface area (Å²) in [6, 6.07) is 14.0. The fourth-order valence-corrected chi connectivity index (χ4v) is 2.19. The SMILES string of the molecule is COc1ccc(NC(=O)C(=O)N[C@@H](C)c2ccccc2)cc1OC. The van der Waals surface area contributed by atoms with Gasteiger partial charge in [-0.2, -0.15) is 0 Å². The minimum atomic E-state index is -0.745. The van der Waals surface area contributed by atoms with E-state index in [1.807, 2.05) is 37.3 Å². The van der Waals surface area contributed by atoms with Crippen LogP contribution < -0.4 is 20.1 Å². The van der Waals surface area contributed by atoms with Gasteiger partial charge in [0, 0.05) is 11.8 Å². The highest BCUT2D eigenvalue weighted by atomic mass is 16.5. The molecule has 2 N–H and O–H groups in total. The van der Waals surface area contributed by atoms with Gasteiger partial charge in [0.1, 0.15) is 0 Å². The Labute approximate surface area is 140 Å². The van der Waals surface area contributed by atoms with E-state index in [9.17, 15) is 9.59 Å². The van der Waals surface area contributed by atoms with Crippen LogP contribution in [0, 0.1) is 0 Å². The normalized spacial score (nSPS) is 11.3. The molecule has 0 aliphatic rings. The minimum Gasteiger partial charge on any atom is -0.493 e. The molecule has 0 fully saturated rings. The summed E-state index contributed by atoms with van der Waals surface area (Å²) in [5.41, 5.74) is 1.37. The van der Waals surface area contributed by atoms with Gasteiger partial charge in [0.25, 0.3) is 0 Å². The fourth-order valence-electron chi connectivity index (χ4n) is 2.19. The minimum absolute atomic E-state index is 0.269. The quantitative estimate of drug-likeness (QED) is 0.827. The highest BCUT2D eigenvalue weighted by Crippen LogP contribution is 2.29. The molecule has 0 saturated carbocycles. The number of hydrogen-bond acceptors (Lipinski definition) is 4. The Morgan fingerprint density at radius 1 is 0.917 bits per heavy atom. The van der Waals surface area contributed by atoms with Crippen LogP contribution in [-0.4, -0.2) is 26.0 Å². The smallest absolute Gasteiger partial charge is 0.313 e. The molecule has 0 aliphatic carbocycles. The Morgan fingerprint density at radius 2 is 1.58 bits per heavy atom.